The van der Waals surface area contributed by atoms with Gasteiger partial charge in [0.2, 0.25) is 5.91 Å². The SMILES string of the molecule is Cc1ccc(NC(=O)C(N)CCc2ccccc2)cc1Cl. The van der Waals surface area contributed by atoms with Crippen LogP contribution in [-0.4, -0.2) is 11.9 Å². The van der Waals surface area contributed by atoms with Crippen LogP contribution in [0.1, 0.15) is 17.5 Å². The summed E-state index contributed by atoms with van der Waals surface area (Å²) in [5, 5.41) is 3.43. The van der Waals surface area contributed by atoms with E-state index in [1.54, 1.807) is 6.07 Å². The van der Waals surface area contributed by atoms with Gasteiger partial charge in [0.25, 0.3) is 0 Å². The summed E-state index contributed by atoms with van der Waals surface area (Å²) in [6.45, 7) is 1.92. The number of hydrogen-bond donors (Lipinski definition) is 2. The van der Waals surface area contributed by atoms with E-state index in [2.05, 4.69) is 5.32 Å². The first-order chi connectivity index (χ1) is 10.1. The Morgan fingerprint density at radius 3 is 2.62 bits per heavy atom. The zero-order chi connectivity index (χ0) is 15.2. The summed E-state index contributed by atoms with van der Waals surface area (Å²) in [5.41, 5.74) is 8.76. The molecule has 1 amide bonds. The van der Waals surface area contributed by atoms with Crippen molar-refractivity contribution < 1.29 is 4.79 Å². The average molecular weight is 303 g/mol. The summed E-state index contributed by atoms with van der Waals surface area (Å²) in [5.74, 6) is -0.189. The quantitative estimate of drug-likeness (QED) is 0.887. The highest BCUT2D eigenvalue weighted by molar-refractivity contribution is 6.31. The molecule has 0 aromatic heterocycles. The van der Waals surface area contributed by atoms with Crippen molar-refractivity contribution in [1.29, 1.82) is 0 Å². The van der Waals surface area contributed by atoms with E-state index in [1.165, 1.54) is 5.56 Å². The van der Waals surface area contributed by atoms with Crippen molar-refractivity contribution in [2.75, 3.05) is 5.32 Å². The van der Waals surface area contributed by atoms with Crippen molar-refractivity contribution in [2.24, 2.45) is 5.73 Å². The normalized spacial score (nSPS) is 12.0. The summed E-state index contributed by atoms with van der Waals surface area (Å²) in [4.78, 5) is 12.1. The minimum Gasteiger partial charge on any atom is -0.325 e. The molecule has 0 saturated heterocycles. The van der Waals surface area contributed by atoms with Gasteiger partial charge >= 0.3 is 0 Å². The number of carbonyl (C=O) groups is 1. The van der Waals surface area contributed by atoms with Gasteiger partial charge in [-0.1, -0.05) is 48.0 Å². The van der Waals surface area contributed by atoms with E-state index in [-0.39, 0.29) is 5.91 Å². The Bertz CT molecular complexity index is 613. The van der Waals surface area contributed by atoms with E-state index >= 15 is 0 Å². The number of rotatable bonds is 5. The maximum Gasteiger partial charge on any atom is 0.241 e. The van der Waals surface area contributed by atoms with Gasteiger partial charge in [0.05, 0.1) is 6.04 Å². The molecule has 0 aliphatic rings. The number of halogens is 1. The lowest BCUT2D eigenvalue weighted by molar-refractivity contribution is -0.117. The van der Waals surface area contributed by atoms with E-state index in [1.807, 2.05) is 49.4 Å². The Balaban J connectivity index is 1.89. The molecule has 4 heteroatoms. The Morgan fingerprint density at radius 1 is 1.24 bits per heavy atom. The van der Waals surface area contributed by atoms with E-state index in [4.69, 9.17) is 17.3 Å². The van der Waals surface area contributed by atoms with E-state index in [0.717, 1.165) is 12.0 Å². The first kappa shape index (κ1) is 15.5. The highest BCUT2D eigenvalue weighted by Crippen LogP contribution is 2.20. The van der Waals surface area contributed by atoms with Crippen LogP contribution in [-0.2, 0) is 11.2 Å². The van der Waals surface area contributed by atoms with Gasteiger partial charge in [-0.05, 0) is 43.0 Å². The van der Waals surface area contributed by atoms with Gasteiger partial charge in [-0.15, -0.1) is 0 Å². The molecule has 3 nitrogen and oxygen atoms in total. The van der Waals surface area contributed by atoms with Gasteiger partial charge < -0.3 is 11.1 Å². The topological polar surface area (TPSA) is 55.1 Å². The first-order valence-electron chi connectivity index (χ1n) is 6.93. The molecule has 0 aliphatic carbocycles. The van der Waals surface area contributed by atoms with Crippen molar-refractivity contribution in [2.45, 2.75) is 25.8 Å². The smallest absolute Gasteiger partial charge is 0.241 e. The second kappa shape index (κ2) is 7.25. The lowest BCUT2D eigenvalue weighted by Gasteiger charge is -2.13. The van der Waals surface area contributed by atoms with Crippen LogP contribution in [0, 0.1) is 6.92 Å². The maximum atomic E-state index is 12.1. The predicted molar refractivity (Wildman–Crippen MR) is 87.6 cm³/mol. The van der Waals surface area contributed by atoms with Crippen LogP contribution >= 0.6 is 11.6 Å². The van der Waals surface area contributed by atoms with E-state index in [0.29, 0.717) is 17.1 Å². The lowest BCUT2D eigenvalue weighted by Crippen LogP contribution is -2.36. The van der Waals surface area contributed by atoms with Crippen molar-refractivity contribution in [1.82, 2.24) is 0 Å². The predicted octanol–water partition coefficient (Wildman–Crippen LogP) is 3.55. The van der Waals surface area contributed by atoms with Crippen molar-refractivity contribution in [3.05, 3.63) is 64.7 Å². The molecular weight excluding hydrogens is 284 g/mol. The minimum absolute atomic E-state index is 0.189. The Labute approximate surface area is 130 Å². The third kappa shape index (κ3) is 4.59. The fourth-order valence-corrected chi connectivity index (χ4v) is 2.18. The summed E-state index contributed by atoms with van der Waals surface area (Å²) in [7, 11) is 0. The summed E-state index contributed by atoms with van der Waals surface area (Å²) >= 11 is 6.04. The minimum atomic E-state index is -0.537. The molecule has 21 heavy (non-hydrogen) atoms. The number of benzene rings is 2. The maximum absolute atomic E-state index is 12.1. The van der Waals surface area contributed by atoms with Crippen LogP contribution in [0.3, 0.4) is 0 Å². The summed E-state index contributed by atoms with van der Waals surface area (Å²) in [6, 6.07) is 14.9. The van der Waals surface area contributed by atoms with Crippen LogP contribution in [0.5, 0.6) is 0 Å². The number of nitrogens with one attached hydrogen (secondary N) is 1. The lowest BCUT2D eigenvalue weighted by atomic mass is 10.1. The fraction of sp³-hybridized carbons (Fsp3) is 0.235. The number of amides is 1. The van der Waals surface area contributed by atoms with Gasteiger partial charge in [-0.2, -0.15) is 0 Å². The van der Waals surface area contributed by atoms with Crippen molar-refractivity contribution in [3.8, 4) is 0 Å². The largest absolute Gasteiger partial charge is 0.325 e. The first-order valence-corrected chi connectivity index (χ1v) is 7.30. The Morgan fingerprint density at radius 2 is 1.95 bits per heavy atom. The van der Waals surface area contributed by atoms with Crippen LogP contribution in [0.25, 0.3) is 0 Å². The molecule has 110 valence electrons. The molecule has 0 saturated carbocycles. The summed E-state index contributed by atoms with van der Waals surface area (Å²) in [6.07, 6.45) is 1.39. The van der Waals surface area contributed by atoms with Crippen LogP contribution in [0.15, 0.2) is 48.5 Å². The number of carbonyl (C=O) groups excluding carboxylic acids is 1. The van der Waals surface area contributed by atoms with Crippen LogP contribution in [0.4, 0.5) is 5.69 Å². The molecule has 0 fully saturated rings. The molecule has 1 atom stereocenters. The number of hydrogen-bond acceptors (Lipinski definition) is 2. The third-order valence-corrected chi connectivity index (χ3v) is 3.77. The van der Waals surface area contributed by atoms with Gasteiger partial charge in [0.15, 0.2) is 0 Å². The Kier molecular flexibility index (Phi) is 5.37. The molecule has 0 aliphatic heterocycles. The molecule has 2 rings (SSSR count). The molecule has 2 aromatic carbocycles. The number of aryl methyl sites for hydroxylation is 2. The number of nitrogens with two attached hydrogens (primary N) is 1. The van der Waals surface area contributed by atoms with Gasteiger partial charge in [-0.25, -0.2) is 0 Å². The van der Waals surface area contributed by atoms with E-state index in [9.17, 15) is 4.79 Å². The molecule has 0 heterocycles. The standard InChI is InChI=1S/C17H19ClN2O/c1-12-7-9-14(11-15(12)18)20-17(21)16(19)10-8-13-5-3-2-4-6-13/h2-7,9,11,16H,8,10,19H2,1H3,(H,20,21). The highest BCUT2D eigenvalue weighted by atomic mass is 35.5. The average Bonchev–Trinajstić information content (AvgIpc) is 2.49. The molecule has 0 bridgehead atoms. The molecule has 2 aromatic rings. The second-order valence-corrected chi connectivity index (χ2v) is 5.49. The van der Waals surface area contributed by atoms with Crippen molar-refractivity contribution >= 4 is 23.2 Å². The van der Waals surface area contributed by atoms with Gasteiger partial charge in [-0.3, -0.25) is 4.79 Å². The molecular formula is C17H19ClN2O. The van der Waals surface area contributed by atoms with E-state index < -0.39 is 6.04 Å². The van der Waals surface area contributed by atoms with Crippen LogP contribution in [0.2, 0.25) is 5.02 Å². The summed E-state index contributed by atoms with van der Waals surface area (Å²) < 4.78 is 0. The van der Waals surface area contributed by atoms with Gasteiger partial charge in [0, 0.05) is 10.7 Å². The molecule has 0 radical (unpaired) electrons. The van der Waals surface area contributed by atoms with Crippen molar-refractivity contribution in [3.63, 3.8) is 0 Å². The molecule has 3 N–H and O–H groups in total. The molecule has 0 spiro atoms. The van der Waals surface area contributed by atoms with Crippen LogP contribution < -0.4 is 11.1 Å². The zero-order valence-electron chi connectivity index (χ0n) is 12.0. The fourth-order valence-electron chi connectivity index (χ4n) is 2.00. The highest BCUT2D eigenvalue weighted by Gasteiger charge is 2.13. The second-order valence-electron chi connectivity index (χ2n) is 5.08. The Hall–Kier alpha value is -1.84. The number of anilines is 1. The zero-order valence-corrected chi connectivity index (χ0v) is 12.7. The third-order valence-electron chi connectivity index (χ3n) is 3.36. The monoisotopic (exact) mass is 302 g/mol. The van der Waals surface area contributed by atoms with Gasteiger partial charge in [0.1, 0.15) is 0 Å². The molecule has 1 unspecified atom stereocenters.